The number of nitrogens with one attached hydrogen (secondary N) is 2. The molecular formula is C20H26Cl2N6O2. The zero-order valence-corrected chi connectivity index (χ0v) is 18.3. The molecule has 4 N–H and O–H groups in total. The summed E-state index contributed by atoms with van der Waals surface area (Å²) in [7, 11) is 2.07. The van der Waals surface area contributed by atoms with E-state index in [1.54, 1.807) is 18.2 Å². The molecular weight excluding hydrogens is 427 g/mol. The summed E-state index contributed by atoms with van der Waals surface area (Å²) in [6, 6.07) is 5.72. The zero-order chi connectivity index (χ0) is 21.1. The lowest BCUT2D eigenvalue weighted by molar-refractivity contribution is 0.0773. The summed E-state index contributed by atoms with van der Waals surface area (Å²) in [5.74, 6) is 1.81. The molecule has 10 heteroatoms. The van der Waals surface area contributed by atoms with Crippen LogP contribution in [0.4, 0.5) is 17.3 Å². The first-order valence-electron chi connectivity index (χ1n) is 10.1. The van der Waals surface area contributed by atoms with Gasteiger partial charge in [0, 0.05) is 18.2 Å². The molecule has 2 aromatic heterocycles. The molecule has 0 bridgehead atoms. The lowest BCUT2D eigenvalue weighted by atomic mass is 10.1. The molecule has 8 nitrogen and oxygen atoms in total. The van der Waals surface area contributed by atoms with Crippen molar-refractivity contribution in [2.75, 3.05) is 44.4 Å². The summed E-state index contributed by atoms with van der Waals surface area (Å²) in [5.41, 5.74) is 6.58. The first-order chi connectivity index (χ1) is 14.5. The summed E-state index contributed by atoms with van der Waals surface area (Å²) >= 11 is 12.3. The minimum absolute atomic E-state index is 0.253. The Bertz CT molecular complexity index is 894. The predicted octanol–water partition coefficient (Wildman–Crippen LogP) is 3.32. The number of nitrogens with zero attached hydrogens (tertiary/aromatic N) is 3. The Kier molecular flexibility index (Phi) is 6.67. The van der Waals surface area contributed by atoms with Crippen LogP contribution in [0.15, 0.2) is 18.2 Å². The van der Waals surface area contributed by atoms with Gasteiger partial charge in [-0.25, -0.2) is 9.97 Å². The zero-order valence-electron chi connectivity index (χ0n) is 16.8. The molecule has 2 saturated heterocycles. The van der Waals surface area contributed by atoms with E-state index in [-0.39, 0.29) is 5.15 Å². The minimum Gasteiger partial charge on any atom is -0.488 e. The van der Waals surface area contributed by atoms with Gasteiger partial charge in [-0.3, -0.25) is 4.90 Å². The van der Waals surface area contributed by atoms with Crippen LogP contribution in [0.1, 0.15) is 19.3 Å². The Morgan fingerprint density at radius 3 is 2.70 bits per heavy atom. The molecule has 162 valence electrons. The number of likely N-dealkylation sites (N-methyl/N-ethyl adjacent to an activating group) is 1. The van der Waals surface area contributed by atoms with Crippen LogP contribution < -0.4 is 25.8 Å². The van der Waals surface area contributed by atoms with E-state index in [0.29, 0.717) is 59.3 Å². The normalized spacial score (nSPS) is 21.3. The number of hydrogen-bond donors (Lipinski definition) is 3. The van der Waals surface area contributed by atoms with Crippen LogP contribution in [-0.2, 0) is 0 Å². The average molecular weight is 453 g/mol. The van der Waals surface area contributed by atoms with Crippen molar-refractivity contribution < 1.29 is 9.47 Å². The monoisotopic (exact) mass is 452 g/mol. The fourth-order valence-corrected chi connectivity index (χ4v) is 3.90. The first-order valence-corrected chi connectivity index (χ1v) is 10.8. The highest BCUT2D eigenvalue weighted by atomic mass is 35.5. The third kappa shape index (κ3) is 5.00. The minimum atomic E-state index is 0.253. The third-order valence-corrected chi connectivity index (χ3v) is 5.90. The summed E-state index contributed by atoms with van der Waals surface area (Å²) in [6.07, 6.45) is 3.33. The molecule has 2 fully saturated rings. The second-order valence-corrected chi connectivity index (χ2v) is 8.43. The molecule has 0 radical (unpaired) electrons. The molecule has 2 aliphatic rings. The van der Waals surface area contributed by atoms with Crippen LogP contribution in [0.3, 0.4) is 0 Å². The lowest BCUT2D eigenvalue weighted by Crippen LogP contribution is -2.48. The summed E-state index contributed by atoms with van der Waals surface area (Å²) in [6.45, 7) is 3.13. The second-order valence-electron chi connectivity index (χ2n) is 7.66. The van der Waals surface area contributed by atoms with Crippen LogP contribution in [-0.4, -0.2) is 60.3 Å². The van der Waals surface area contributed by atoms with Gasteiger partial charge in [0.05, 0.1) is 5.69 Å². The molecule has 4 heterocycles. The van der Waals surface area contributed by atoms with Crippen LogP contribution in [0.5, 0.6) is 11.5 Å². The molecule has 30 heavy (non-hydrogen) atoms. The third-order valence-electron chi connectivity index (χ3n) is 5.49. The van der Waals surface area contributed by atoms with Gasteiger partial charge in [-0.1, -0.05) is 23.2 Å². The van der Waals surface area contributed by atoms with Gasteiger partial charge in [0.15, 0.2) is 23.1 Å². The van der Waals surface area contributed by atoms with Gasteiger partial charge in [0.25, 0.3) is 0 Å². The van der Waals surface area contributed by atoms with Gasteiger partial charge >= 0.3 is 0 Å². The Hall–Kier alpha value is -2.00. The number of likely N-dealkylation sites (tertiary alicyclic amines) is 1. The summed E-state index contributed by atoms with van der Waals surface area (Å²) < 4.78 is 12.0. The van der Waals surface area contributed by atoms with Gasteiger partial charge in [0.1, 0.15) is 23.5 Å². The van der Waals surface area contributed by atoms with Crippen molar-refractivity contribution in [1.29, 1.82) is 0 Å². The van der Waals surface area contributed by atoms with Gasteiger partial charge in [0.2, 0.25) is 0 Å². The van der Waals surface area contributed by atoms with Crippen molar-refractivity contribution >= 4 is 40.5 Å². The van der Waals surface area contributed by atoms with Gasteiger partial charge < -0.3 is 25.8 Å². The number of nitrogens with two attached hydrogens (primary N) is 1. The van der Waals surface area contributed by atoms with Crippen molar-refractivity contribution in [2.45, 2.75) is 31.3 Å². The number of anilines is 3. The van der Waals surface area contributed by atoms with E-state index in [1.807, 2.05) is 0 Å². The Balaban J connectivity index is 1.54. The maximum atomic E-state index is 6.18. The van der Waals surface area contributed by atoms with E-state index in [9.17, 15) is 0 Å². The fourth-order valence-electron chi connectivity index (χ4n) is 3.55. The summed E-state index contributed by atoms with van der Waals surface area (Å²) in [5, 5.41) is 7.15. The molecule has 0 saturated carbocycles. The number of hydrogen-bond acceptors (Lipinski definition) is 8. The molecule has 2 aromatic rings. The topological polar surface area (TPSA) is 97.6 Å². The molecule has 4 rings (SSSR count). The highest BCUT2D eigenvalue weighted by molar-refractivity contribution is 6.30. The van der Waals surface area contributed by atoms with E-state index >= 15 is 0 Å². The molecule has 2 atom stereocenters. The van der Waals surface area contributed by atoms with Crippen LogP contribution in [0, 0.1) is 0 Å². The van der Waals surface area contributed by atoms with Crippen molar-refractivity contribution in [3.63, 3.8) is 0 Å². The molecule has 0 amide bonds. The molecule has 0 spiro atoms. The smallest absolute Gasteiger partial charge is 0.185 e. The van der Waals surface area contributed by atoms with Crippen LogP contribution in [0.25, 0.3) is 0 Å². The number of halogens is 2. The van der Waals surface area contributed by atoms with Crippen LogP contribution >= 0.6 is 23.2 Å². The SMILES string of the molecule is CN1CC[C@H]1COc1c(N)cc(Cl)nc1Nc1nc(Cl)ccc1OC[C@H]1CCCN1. The maximum absolute atomic E-state index is 6.18. The fraction of sp³-hybridized carbons (Fsp3) is 0.500. The summed E-state index contributed by atoms with van der Waals surface area (Å²) in [4.78, 5) is 11.0. The first kappa shape index (κ1) is 21.2. The number of nitrogen functional groups attached to an aromatic ring is 1. The highest BCUT2D eigenvalue weighted by Crippen LogP contribution is 2.36. The van der Waals surface area contributed by atoms with Gasteiger partial charge in [-0.15, -0.1) is 0 Å². The van der Waals surface area contributed by atoms with Crippen molar-refractivity contribution in [1.82, 2.24) is 20.2 Å². The molecule has 0 unspecified atom stereocenters. The lowest BCUT2D eigenvalue weighted by Gasteiger charge is -2.37. The molecule has 0 aliphatic carbocycles. The predicted molar refractivity (Wildman–Crippen MR) is 119 cm³/mol. The van der Waals surface area contributed by atoms with E-state index in [0.717, 1.165) is 32.4 Å². The number of rotatable bonds is 8. The Labute approximate surface area is 186 Å². The number of pyridine rings is 2. The Morgan fingerprint density at radius 2 is 2.00 bits per heavy atom. The Morgan fingerprint density at radius 1 is 1.17 bits per heavy atom. The molecule has 0 aromatic carbocycles. The largest absolute Gasteiger partial charge is 0.488 e. The number of ether oxygens (including phenoxy) is 2. The van der Waals surface area contributed by atoms with Gasteiger partial charge in [-0.05, 0) is 51.5 Å². The van der Waals surface area contributed by atoms with E-state index in [1.165, 1.54) is 0 Å². The quantitative estimate of drug-likeness (QED) is 0.524. The van der Waals surface area contributed by atoms with E-state index < -0.39 is 0 Å². The average Bonchev–Trinajstić information content (AvgIpc) is 3.21. The number of aromatic nitrogens is 2. The van der Waals surface area contributed by atoms with Gasteiger partial charge in [-0.2, -0.15) is 0 Å². The highest BCUT2D eigenvalue weighted by Gasteiger charge is 2.26. The van der Waals surface area contributed by atoms with Crippen molar-refractivity contribution in [2.24, 2.45) is 0 Å². The second kappa shape index (κ2) is 9.43. The van der Waals surface area contributed by atoms with Crippen LogP contribution in [0.2, 0.25) is 10.3 Å². The maximum Gasteiger partial charge on any atom is 0.185 e. The molecule has 2 aliphatic heterocycles. The standard InChI is InChI=1S/C20H26Cl2N6O2/c1-28-8-6-13(28)11-30-18-14(23)9-17(22)26-20(18)27-19-15(4-5-16(21)25-19)29-10-12-3-2-7-24-12/h4-5,9,12-13,24H,2-3,6-8,10-11H2,1H3,(H3,23,25,26,27)/t12-,13+/m1/s1. The van der Waals surface area contributed by atoms with Crippen molar-refractivity contribution in [3.05, 3.63) is 28.5 Å². The van der Waals surface area contributed by atoms with Crippen molar-refractivity contribution in [3.8, 4) is 11.5 Å². The van der Waals surface area contributed by atoms with E-state index in [4.69, 9.17) is 38.4 Å². The van der Waals surface area contributed by atoms with E-state index in [2.05, 4.69) is 32.5 Å².